The van der Waals surface area contributed by atoms with Crippen molar-refractivity contribution in [3.63, 3.8) is 0 Å². The summed E-state index contributed by atoms with van der Waals surface area (Å²) in [5, 5.41) is 9.38. The van der Waals surface area contributed by atoms with Crippen LogP contribution in [0.3, 0.4) is 0 Å². The number of rotatable bonds is 7. The fourth-order valence-corrected chi connectivity index (χ4v) is 4.21. The van der Waals surface area contributed by atoms with Gasteiger partial charge in [0.1, 0.15) is 12.1 Å². The topological polar surface area (TPSA) is 78.5 Å². The first-order valence-electron chi connectivity index (χ1n) is 11.1. The van der Waals surface area contributed by atoms with E-state index in [-0.39, 0.29) is 5.82 Å². The number of halogens is 1. The van der Waals surface area contributed by atoms with E-state index in [0.717, 1.165) is 46.7 Å². The normalized spacial score (nSPS) is 13.5. The van der Waals surface area contributed by atoms with E-state index in [1.165, 1.54) is 31.3 Å². The Balaban J connectivity index is 1.52. The maximum absolute atomic E-state index is 13.4. The predicted octanol–water partition coefficient (Wildman–Crippen LogP) is 4.40. The second kappa shape index (κ2) is 8.35. The maximum Gasteiger partial charge on any atom is 0.157 e. The molecule has 1 aliphatic carbocycles. The molecule has 0 saturated heterocycles. The highest BCUT2D eigenvalue weighted by molar-refractivity contribution is 5.78. The highest BCUT2D eigenvalue weighted by atomic mass is 19.1. The van der Waals surface area contributed by atoms with Gasteiger partial charge in [0.05, 0.1) is 28.3 Å². The van der Waals surface area contributed by atoms with Crippen molar-refractivity contribution in [2.24, 2.45) is 5.92 Å². The number of hydrogen-bond acceptors (Lipinski definition) is 5. The smallest absolute Gasteiger partial charge is 0.157 e. The number of carbonyl (C=O) groups is 1. The number of nitrogens with zero attached hydrogens (tertiary/aromatic N) is 6. The summed E-state index contributed by atoms with van der Waals surface area (Å²) >= 11 is 0. The van der Waals surface area contributed by atoms with Gasteiger partial charge in [0.15, 0.2) is 12.1 Å². The lowest BCUT2D eigenvalue weighted by Gasteiger charge is -2.09. The molecule has 0 spiro atoms. The minimum absolute atomic E-state index is 0.260. The molecular weight excluding hydrogens is 419 g/mol. The summed E-state index contributed by atoms with van der Waals surface area (Å²) in [5.41, 5.74) is 6.77. The largest absolute Gasteiger partial charge is 0.298 e. The number of benzene rings is 1. The molecule has 0 unspecified atom stereocenters. The third kappa shape index (κ3) is 4.08. The molecule has 0 radical (unpaired) electrons. The number of aldehydes is 1. The van der Waals surface area contributed by atoms with Gasteiger partial charge in [-0.05, 0) is 69.4 Å². The average Bonchev–Trinajstić information content (AvgIpc) is 3.52. The van der Waals surface area contributed by atoms with Crippen LogP contribution in [0.15, 0.2) is 36.7 Å². The van der Waals surface area contributed by atoms with Gasteiger partial charge < -0.3 is 0 Å². The molecule has 0 amide bonds. The third-order valence-electron chi connectivity index (χ3n) is 6.31. The second-order valence-corrected chi connectivity index (χ2v) is 8.71. The van der Waals surface area contributed by atoms with E-state index in [2.05, 4.69) is 26.7 Å². The molecule has 1 saturated carbocycles. The third-order valence-corrected chi connectivity index (χ3v) is 6.31. The van der Waals surface area contributed by atoms with Crippen LogP contribution >= 0.6 is 0 Å². The monoisotopic (exact) mass is 444 g/mol. The Kier molecular flexibility index (Phi) is 5.36. The average molecular weight is 445 g/mol. The molecule has 1 fully saturated rings. The van der Waals surface area contributed by atoms with Crippen molar-refractivity contribution in [3.8, 4) is 17.1 Å². The number of aromatic nitrogens is 6. The van der Waals surface area contributed by atoms with Gasteiger partial charge in [-0.3, -0.25) is 9.48 Å². The van der Waals surface area contributed by atoms with Gasteiger partial charge in [-0.1, -0.05) is 0 Å². The Bertz CT molecular complexity index is 1330. The van der Waals surface area contributed by atoms with Crippen molar-refractivity contribution < 1.29 is 9.18 Å². The standard InChI is InChI=1S/C25H25FN6O/c1-15-23(31(12-18-4-5-18)30-25(15)19-6-8-20(26)9-7-19)10-21-11-24(28-14-27-21)32-17(3)22(13-33)16(2)29-32/h6-9,11,13-14,18H,4-5,10,12H2,1-3H3. The summed E-state index contributed by atoms with van der Waals surface area (Å²) in [4.78, 5) is 20.3. The number of carbonyl (C=O) groups excluding carboxylic acids is 1. The van der Waals surface area contributed by atoms with Crippen LogP contribution in [0.25, 0.3) is 17.1 Å². The van der Waals surface area contributed by atoms with Gasteiger partial charge in [0.25, 0.3) is 0 Å². The minimum Gasteiger partial charge on any atom is -0.298 e. The van der Waals surface area contributed by atoms with Gasteiger partial charge in [0, 0.05) is 30.3 Å². The summed E-state index contributed by atoms with van der Waals surface area (Å²) in [6.45, 7) is 6.60. The van der Waals surface area contributed by atoms with E-state index in [4.69, 9.17) is 5.10 Å². The molecule has 1 aliphatic rings. The molecular formula is C25H25FN6O. The SMILES string of the molecule is Cc1nn(-c2cc(Cc3c(C)c(-c4ccc(F)cc4)nn3CC3CC3)ncn2)c(C)c1C=O. The zero-order valence-electron chi connectivity index (χ0n) is 18.9. The second-order valence-electron chi connectivity index (χ2n) is 8.71. The van der Waals surface area contributed by atoms with Crippen LogP contribution in [0.5, 0.6) is 0 Å². The summed E-state index contributed by atoms with van der Waals surface area (Å²) in [6.07, 6.45) is 5.38. The van der Waals surface area contributed by atoms with Crippen LogP contribution in [0.2, 0.25) is 0 Å². The van der Waals surface area contributed by atoms with Crippen molar-refractivity contribution in [2.75, 3.05) is 0 Å². The predicted molar refractivity (Wildman–Crippen MR) is 122 cm³/mol. The first kappa shape index (κ1) is 21.2. The zero-order valence-corrected chi connectivity index (χ0v) is 18.9. The molecule has 0 N–H and O–H groups in total. The molecule has 4 aromatic rings. The molecule has 8 heteroatoms. The van der Waals surface area contributed by atoms with Crippen LogP contribution in [0.1, 0.15) is 51.5 Å². The molecule has 7 nitrogen and oxygen atoms in total. The van der Waals surface area contributed by atoms with Crippen molar-refractivity contribution in [3.05, 3.63) is 76.4 Å². The van der Waals surface area contributed by atoms with E-state index in [9.17, 15) is 9.18 Å². The molecule has 0 aliphatic heterocycles. The van der Waals surface area contributed by atoms with Gasteiger partial charge in [-0.25, -0.2) is 19.0 Å². The first-order chi connectivity index (χ1) is 15.9. The van der Waals surface area contributed by atoms with E-state index in [1.54, 1.807) is 16.8 Å². The number of aryl methyl sites for hydroxylation is 1. The summed E-state index contributed by atoms with van der Waals surface area (Å²) < 4.78 is 17.2. The van der Waals surface area contributed by atoms with Crippen LogP contribution in [0, 0.1) is 32.5 Å². The van der Waals surface area contributed by atoms with E-state index >= 15 is 0 Å². The molecule has 0 bridgehead atoms. The molecule has 3 heterocycles. The van der Waals surface area contributed by atoms with E-state index in [1.807, 2.05) is 19.9 Å². The fourth-order valence-electron chi connectivity index (χ4n) is 4.21. The Labute approximate surface area is 191 Å². The minimum atomic E-state index is -0.260. The molecule has 1 aromatic carbocycles. The summed E-state index contributed by atoms with van der Waals surface area (Å²) in [5.74, 6) is 1.02. The lowest BCUT2D eigenvalue weighted by molar-refractivity contribution is 0.112. The number of hydrogen-bond donors (Lipinski definition) is 0. The Morgan fingerprint density at radius 1 is 1.09 bits per heavy atom. The highest BCUT2D eigenvalue weighted by Crippen LogP contribution is 2.33. The van der Waals surface area contributed by atoms with Crippen molar-refractivity contribution in [1.82, 2.24) is 29.5 Å². The maximum atomic E-state index is 13.4. The highest BCUT2D eigenvalue weighted by Gasteiger charge is 2.25. The molecule has 3 aromatic heterocycles. The lowest BCUT2D eigenvalue weighted by Crippen LogP contribution is -2.10. The van der Waals surface area contributed by atoms with Gasteiger partial charge in [-0.15, -0.1) is 0 Å². The Morgan fingerprint density at radius 2 is 1.85 bits per heavy atom. The Hall–Kier alpha value is -3.68. The molecule has 5 rings (SSSR count). The van der Waals surface area contributed by atoms with Crippen molar-refractivity contribution in [2.45, 2.75) is 46.6 Å². The van der Waals surface area contributed by atoms with Crippen LogP contribution in [0.4, 0.5) is 4.39 Å². The molecule has 33 heavy (non-hydrogen) atoms. The quantitative estimate of drug-likeness (QED) is 0.395. The van der Waals surface area contributed by atoms with Gasteiger partial charge >= 0.3 is 0 Å². The molecule has 168 valence electrons. The van der Waals surface area contributed by atoms with Crippen LogP contribution in [-0.2, 0) is 13.0 Å². The van der Waals surface area contributed by atoms with Crippen molar-refractivity contribution in [1.29, 1.82) is 0 Å². The summed E-state index contributed by atoms with van der Waals surface area (Å²) in [6, 6.07) is 8.37. The lowest BCUT2D eigenvalue weighted by atomic mass is 10.0. The van der Waals surface area contributed by atoms with E-state index in [0.29, 0.717) is 29.4 Å². The zero-order chi connectivity index (χ0) is 23.1. The Morgan fingerprint density at radius 3 is 2.52 bits per heavy atom. The van der Waals surface area contributed by atoms with Crippen LogP contribution in [-0.4, -0.2) is 35.8 Å². The van der Waals surface area contributed by atoms with Gasteiger partial charge in [0.2, 0.25) is 0 Å². The van der Waals surface area contributed by atoms with E-state index < -0.39 is 0 Å². The fraction of sp³-hybridized carbons (Fsp3) is 0.320. The first-order valence-corrected chi connectivity index (χ1v) is 11.1. The van der Waals surface area contributed by atoms with Gasteiger partial charge in [-0.2, -0.15) is 10.2 Å². The van der Waals surface area contributed by atoms with Crippen molar-refractivity contribution >= 4 is 6.29 Å². The summed E-state index contributed by atoms with van der Waals surface area (Å²) in [7, 11) is 0. The van der Waals surface area contributed by atoms with Crippen LogP contribution < -0.4 is 0 Å². The molecule has 0 atom stereocenters.